The first-order chi connectivity index (χ1) is 7.34. The molecule has 0 spiro atoms. The van der Waals surface area contributed by atoms with Gasteiger partial charge in [-0.2, -0.15) is 0 Å². The molecular formula is C12H19NO3. The maximum Gasteiger partial charge on any atom is 0.260 e. The summed E-state index contributed by atoms with van der Waals surface area (Å²) < 4.78 is 0. The quantitative estimate of drug-likeness (QED) is 0.732. The summed E-state index contributed by atoms with van der Waals surface area (Å²) in [5.41, 5.74) is -0.713. The summed E-state index contributed by atoms with van der Waals surface area (Å²) in [6.45, 7) is 7.06. The van der Waals surface area contributed by atoms with Crippen LogP contribution >= 0.6 is 0 Å². The van der Waals surface area contributed by atoms with E-state index in [4.69, 9.17) is 0 Å². The minimum Gasteiger partial charge on any atom is -0.367 e. The van der Waals surface area contributed by atoms with E-state index >= 15 is 0 Å². The summed E-state index contributed by atoms with van der Waals surface area (Å²) in [5, 5.41) is 10.2. The maximum absolute atomic E-state index is 12.0. The van der Waals surface area contributed by atoms with Crippen LogP contribution in [0, 0.1) is 0 Å². The monoisotopic (exact) mass is 225 g/mol. The molecule has 0 radical (unpaired) electrons. The van der Waals surface area contributed by atoms with Crippen molar-refractivity contribution < 1.29 is 14.7 Å². The second-order valence-electron chi connectivity index (χ2n) is 4.39. The highest BCUT2D eigenvalue weighted by Gasteiger charge is 2.45. The van der Waals surface area contributed by atoms with Gasteiger partial charge >= 0.3 is 0 Å². The Labute approximate surface area is 95.9 Å². The molecule has 0 saturated heterocycles. The van der Waals surface area contributed by atoms with Gasteiger partial charge in [0.2, 0.25) is 0 Å². The second kappa shape index (κ2) is 4.37. The summed E-state index contributed by atoms with van der Waals surface area (Å²) in [6, 6.07) is 0. The van der Waals surface area contributed by atoms with Gasteiger partial charge in [0.1, 0.15) is 0 Å². The molecule has 1 rings (SSSR count). The molecule has 16 heavy (non-hydrogen) atoms. The van der Waals surface area contributed by atoms with Crippen LogP contribution in [0.2, 0.25) is 0 Å². The van der Waals surface area contributed by atoms with E-state index in [1.807, 2.05) is 6.92 Å². The summed E-state index contributed by atoms with van der Waals surface area (Å²) in [6.07, 6.45) is 1.76. The van der Waals surface area contributed by atoms with Crippen molar-refractivity contribution in [2.75, 3.05) is 6.54 Å². The van der Waals surface area contributed by atoms with Gasteiger partial charge in [-0.15, -0.1) is 0 Å². The normalized spacial score (nSPS) is 25.6. The Hall–Kier alpha value is -1.16. The van der Waals surface area contributed by atoms with Gasteiger partial charge in [-0.05, 0) is 32.8 Å². The van der Waals surface area contributed by atoms with Crippen molar-refractivity contribution >= 4 is 11.7 Å². The summed E-state index contributed by atoms with van der Waals surface area (Å²) in [5.74, 6) is -0.620. The molecule has 90 valence electrons. The Bertz CT molecular complexity index is 355. The summed E-state index contributed by atoms with van der Waals surface area (Å²) in [7, 11) is 0. The molecule has 1 aliphatic heterocycles. The maximum atomic E-state index is 12.0. The number of hydrogen-bond acceptors (Lipinski definition) is 3. The van der Waals surface area contributed by atoms with Gasteiger partial charge < -0.3 is 10.0 Å². The Morgan fingerprint density at radius 1 is 1.50 bits per heavy atom. The highest BCUT2D eigenvalue weighted by Crippen LogP contribution is 2.33. The molecule has 1 N–H and O–H groups in total. The van der Waals surface area contributed by atoms with Crippen LogP contribution in [-0.4, -0.2) is 34.0 Å². The molecule has 4 nitrogen and oxygen atoms in total. The van der Waals surface area contributed by atoms with Crippen LogP contribution in [0.1, 0.15) is 40.5 Å². The fraction of sp³-hybridized carbons (Fsp3) is 0.667. The molecule has 1 amide bonds. The van der Waals surface area contributed by atoms with Crippen LogP contribution < -0.4 is 0 Å². The average Bonchev–Trinajstić information content (AvgIpc) is 2.32. The molecule has 0 bridgehead atoms. The van der Waals surface area contributed by atoms with Gasteiger partial charge in [-0.25, -0.2) is 0 Å². The van der Waals surface area contributed by atoms with Crippen molar-refractivity contribution in [1.29, 1.82) is 0 Å². The third kappa shape index (κ3) is 1.89. The van der Waals surface area contributed by atoms with E-state index in [1.54, 1.807) is 13.8 Å². The Kier molecular flexibility index (Phi) is 3.53. The van der Waals surface area contributed by atoms with Crippen molar-refractivity contribution in [2.45, 2.75) is 46.3 Å². The van der Waals surface area contributed by atoms with Crippen LogP contribution in [0.5, 0.6) is 0 Å². The number of rotatable bonds is 4. The first-order valence-corrected chi connectivity index (χ1v) is 5.60. The van der Waals surface area contributed by atoms with Crippen molar-refractivity contribution in [3.05, 3.63) is 11.1 Å². The molecule has 0 fully saturated rings. The van der Waals surface area contributed by atoms with Crippen LogP contribution in [0.4, 0.5) is 0 Å². The van der Waals surface area contributed by atoms with Gasteiger partial charge in [0, 0.05) is 6.54 Å². The number of carbonyl (C=O) groups is 2. The standard InChI is InChI=1S/C12H19NO3/c1-5-6-7-13-11(15)10(9(3)14)8(2)12(13,4)16/h16H,5-7H2,1-4H3. The van der Waals surface area contributed by atoms with Crippen LogP contribution in [0.25, 0.3) is 0 Å². The summed E-state index contributed by atoms with van der Waals surface area (Å²) >= 11 is 0. The summed E-state index contributed by atoms with van der Waals surface area (Å²) in [4.78, 5) is 24.7. The van der Waals surface area contributed by atoms with Crippen molar-refractivity contribution in [2.24, 2.45) is 0 Å². The highest BCUT2D eigenvalue weighted by atomic mass is 16.3. The third-order valence-corrected chi connectivity index (χ3v) is 3.16. The number of amides is 1. The minimum absolute atomic E-state index is 0.140. The Balaban J connectivity index is 3.04. The molecule has 1 aliphatic rings. The van der Waals surface area contributed by atoms with Gasteiger partial charge in [0.05, 0.1) is 5.57 Å². The number of ketones is 1. The lowest BCUT2D eigenvalue weighted by atomic mass is 10.0. The van der Waals surface area contributed by atoms with E-state index in [0.29, 0.717) is 12.1 Å². The van der Waals surface area contributed by atoms with Gasteiger partial charge in [-0.3, -0.25) is 9.59 Å². The van der Waals surface area contributed by atoms with E-state index in [-0.39, 0.29) is 17.3 Å². The highest BCUT2D eigenvalue weighted by molar-refractivity contribution is 6.21. The second-order valence-corrected chi connectivity index (χ2v) is 4.39. The molecule has 0 aromatic heterocycles. The predicted molar refractivity (Wildman–Crippen MR) is 60.6 cm³/mol. The number of hydrogen-bond donors (Lipinski definition) is 1. The van der Waals surface area contributed by atoms with E-state index in [9.17, 15) is 14.7 Å². The van der Waals surface area contributed by atoms with E-state index in [2.05, 4.69) is 0 Å². The van der Waals surface area contributed by atoms with Crippen LogP contribution in [-0.2, 0) is 9.59 Å². The van der Waals surface area contributed by atoms with Gasteiger partial charge in [-0.1, -0.05) is 13.3 Å². The largest absolute Gasteiger partial charge is 0.367 e. The zero-order valence-corrected chi connectivity index (χ0v) is 10.3. The lowest BCUT2D eigenvalue weighted by Crippen LogP contribution is -2.46. The number of Topliss-reactive ketones (excluding diaryl/α,β-unsaturated/α-hetero) is 1. The molecule has 4 heteroatoms. The molecule has 0 aromatic carbocycles. The first-order valence-electron chi connectivity index (χ1n) is 5.60. The SMILES string of the molecule is CCCCN1C(=O)C(C(C)=O)=C(C)C1(C)O. The zero-order chi connectivity index (χ0) is 12.5. The molecule has 1 unspecified atom stereocenters. The topological polar surface area (TPSA) is 57.6 Å². The van der Waals surface area contributed by atoms with Gasteiger partial charge in [0.25, 0.3) is 5.91 Å². The van der Waals surface area contributed by atoms with E-state index in [0.717, 1.165) is 12.8 Å². The number of nitrogens with zero attached hydrogens (tertiary/aromatic N) is 1. The number of aliphatic hydroxyl groups is 1. The van der Waals surface area contributed by atoms with Crippen LogP contribution in [0.15, 0.2) is 11.1 Å². The van der Waals surface area contributed by atoms with Gasteiger partial charge in [0.15, 0.2) is 11.5 Å². The smallest absolute Gasteiger partial charge is 0.260 e. The number of carbonyl (C=O) groups excluding carboxylic acids is 2. The molecule has 1 heterocycles. The fourth-order valence-corrected chi connectivity index (χ4v) is 1.98. The minimum atomic E-state index is -1.31. The van der Waals surface area contributed by atoms with Crippen molar-refractivity contribution in [1.82, 2.24) is 4.90 Å². The number of unbranched alkanes of at least 4 members (excludes halogenated alkanes) is 1. The van der Waals surface area contributed by atoms with Crippen LogP contribution in [0.3, 0.4) is 0 Å². The van der Waals surface area contributed by atoms with Crippen molar-refractivity contribution in [3.8, 4) is 0 Å². The Morgan fingerprint density at radius 2 is 2.06 bits per heavy atom. The molecule has 0 saturated carbocycles. The lowest BCUT2D eigenvalue weighted by Gasteiger charge is -2.31. The predicted octanol–water partition coefficient (Wildman–Crippen LogP) is 1.24. The zero-order valence-electron chi connectivity index (χ0n) is 10.3. The molecule has 0 aliphatic carbocycles. The first kappa shape index (κ1) is 12.9. The fourth-order valence-electron chi connectivity index (χ4n) is 1.98. The molecule has 0 aromatic rings. The molecule has 1 atom stereocenters. The van der Waals surface area contributed by atoms with E-state index < -0.39 is 5.72 Å². The Morgan fingerprint density at radius 3 is 2.44 bits per heavy atom. The molecular weight excluding hydrogens is 206 g/mol. The average molecular weight is 225 g/mol. The third-order valence-electron chi connectivity index (χ3n) is 3.16. The van der Waals surface area contributed by atoms with Crippen molar-refractivity contribution in [3.63, 3.8) is 0 Å². The van der Waals surface area contributed by atoms with E-state index in [1.165, 1.54) is 11.8 Å². The lowest BCUT2D eigenvalue weighted by molar-refractivity contribution is -0.141.